The number of benzene rings is 2. The summed E-state index contributed by atoms with van der Waals surface area (Å²) in [4.78, 5) is 13.5. The SMILES string of the molecule is COc1ccc(Nc2ccnc(N3CCN(c4ccc(F)cc4)CC3)n2)cc1. The molecular formula is C21H22FN5O. The number of anilines is 4. The predicted molar refractivity (Wildman–Crippen MR) is 109 cm³/mol. The van der Waals surface area contributed by atoms with Crippen LogP contribution in [0.15, 0.2) is 60.8 Å². The van der Waals surface area contributed by atoms with Gasteiger partial charge in [-0.2, -0.15) is 4.98 Å². The first kappa shape index (κ1) is 18.0. The molecule has 1 aliphatic heterocycles. The van der Waals surface area contributed by atoms with Gasteiger partial charge in [0.1, 0.15) is 17.4 Å². The van der Waals surface area contributed by atoms with Crippen LogP contribution in [0.25, 0.3) is 0 Å². The van der Waals surface area contributed by atoms with E-state index in [1.165, 1.54) is 12.1 Å². The maximum atomic E-state index is 13.1. The standard InChI is InChI=1S/C21H22FN5O/c1-28-19-8-4-17(5-9-19)24-20-10-11-23-21(25-20)27-14-12-26(13-15-27)18-6-2-16(22)3-7-18/h2-11H,12-15H2,1H3,(H,23,24,25). The fourth-order valence-electron chi connectivity index (χ4n) is 3.21. The van der Waals surface area contributed by atoms with Crippen LogP contribution < -0.4 is 19.9 Å². The lowest BCUT2D eigenvalue weighted by Gasteiger charge is -2.36. The van der Waals surface area contributed by atoms with Gasteiger partial charge in [-0.1, -0.05) is 0 Å². The van der Waals surface area contributed by atoms with Crippen molar-refractivity contribution >= 4 is 23.1 Å². The zero-order valence-corrected chi connectivity index (χ0v) is 15.7. The van der Waals surface area contributed by atoms with Crippen LogP contribution in [0.2, 0.25) is 0 Å². The molecule has 4 rings (SSSR count). The maximum Gasteiger partial charge on any atom is 0.227 e. The average Bonchev–Trinajstić information content (AvgIpc) is 2.75. The topological polar surface area (TPSA) is 53.5 Å². The molecule has 1 aromatic heterocycles. The smallest absolute Gasteiger partial charge is 0.227 e. The van der Waals surface area contributed by atoms with Crippen LogP contribution in [0, 0.1) is 5.82 Å². The molecule has 0 aliphatic carbocycles. The molecule has 28 heavy (non-hydrogen) atoms. The second-order valence-electron chi connectivity index (χ2n) is 6.55. The van der Waals surface area contributed by atoms with Crippen molar-refractivity contribution in [2.45, 2.75) is 0 Å². The van der Waals surface area contributed by atoms with E-state index in [-0.39, 0.29) is 5.82 Å². The molecular weight excluding hydrogens is 357 g/mol. The number of hydrogen-bond acceptors (Lipinski definition) is 6. The maximum absolute atomic E-state index is 13.1. The van der Waals surface area contributed by atoms with Gasteiger partial charge in [-0.05, 0) is 54.6 Å². The molecule has 144 valence electrons. The van der Waals surface area contributed by atoms with Crippen molar-refractivity contribution in [2.75, 3.05) is 48.4 Å². The summed E-state index contributed by atoms with van der Waals surface area (Å²) in [5.74, 6) is 2.05. The summed E-state index contributed by atoms with van der Waals surface area (Å²) in [6.07, 6.45) is 1.76. The van der Waals surface area contributed by atoms with Crippen LogP contribution in [-0.2, 0) is 0 Å². The van der Waals surface area contributed by atoms with E-state index in [2.05, 4.69) is 25.1 Å². The Hall–Kier alpha value is -3.35. The van der Waals surface area contributed by atoms with Crippen molar-refractivity contribution in [3.05, 3.63) is 66.6 Å². The molecule has 1 aliphatic rings. The number of rotatable bonds is 5. The lowest BCUT2D eigenvalue weighted by atomic mass is 10.2. The van der Waals surface area contributed by atoms with Gasteiger partial charge in [-0.25, -0.2) is 9.37 Å². The Labute approximate surface area is 163 Å². The molecule has 0 unspecified atom stereocenters. The highest BCUT2D eigenvalue weighted by molar-refractivity contribution is 5.58. The summed E-state index contributed by atoms with van der Waals surface area (Å²) in [5.41, 5.74) is 1.98. The van der Waals surface area contributed by atoms with Gasteiger partial charge in [0.2, 0.25) is 5.95 Å². The van der Waals surface area contributed by atoms with Gasteiger partial charge in [0, 0.05) is 43.8 Å². The molecule has 1 N–H and O–H groups in total. The molecule has 0 spiro atoms. The Kier molecular flexibility index (Phi) is 5.23. The Morgan fingerprint density at radius 2 is 1.57 bits per heavy atom. The Balaban J connectivity index is 1.40. The minimum atomic E-state index is -0.211. The van der Waals surface area contributed by atoms with Crippen molar-refractivity contribution < 1.29 is 9.13 Å². The summed E-state index contributed by atoms with van der Waals surface area (Å²) in [5, 5.41) is 3.30. The molecule has 2 aromatic carbocycles. The Morgan fingerprint density at radius 3 is 2.25 bits per heavy atom. The number of hydrogen-bond donors (Lipinski definition) is 1. The third-order valence-corrected chi connectivity index (χ3v) is 4.76. The average molecular weight is 379 g/mol. The minimum Gasteiger partial charge on any atom is -0.497 e. The molecule has 0 bridgehead atoms. The molecule has 6 nitrogen and oxygen atoms in total. The van der Waals surface area contributed by atoms with Gasteiger partial charge in [0.25, 0.3) is 0 Å². The van der Waals surface area contributed by atoms with Crippen LogP contribution in [0.5, 0.6) is 5.75 Å². The molecule has 0 atom stereocenters. The third kappa shape index (κ3) is 4.14. The highest BCUT2D eigenvalue weighted by Crippen LogP contribution is 2.22. The first-order valence-electron chi connectivity index (χ1n) is 9.21. The second-order valence-corrected chi connectivity index (χ2v) is 6.55. The fraction of sp³-hybridized carbons (Fsp3) is 0.238. The first-order valence-corrected chi connectivity index (χ1v) is 9.21. The number of nitrogens with one attached hydrogen (secondary N) is 1. The molecule has 7 heteroatoms. The Bertz CT molecular complexity index is 909. The van der Waals surface area contributed by atoms with E-state index in [9.17, 15) is 4.39 Å². The molecule has 3 aromatic rings. The number of nitrogens with zero attached hydrogens (tertiary/aromatic N) is 4. The van der Waals surface area contributed by atoms with E-state index in [4.69, 9.17) is 4.74 Å². The van der Waals surface area contributed by atoms with E-state index < -0.39 is 0 Å². The van der Waals surface area contributed by atoms with Gasteiger partial charge in [0.15, 0.2) is 0 Å². The summed E-state index contributed by atoms with van der Waals surface area (Å²) >= 11 is 0. The summed E-state index contributed by atoms with van der Waals surface area (Å²) in [6.45, 7) is 3.29. The summed E-state index contributed by atoms with van der Waals surface area (Å²) in [7, 11) is 1.65. The summed E-state index contributed by atoms with van der Waals surface area (Å²) in [6, 6.07) is 16.2. The molecule has 0 saturated carbocycles. The van der Waals surface area contributed by atoms with Gasteiger partial charge in [-0.15, -0.1) is 0 Å². The van der Waals surface area contributed by atoms with Gasteiger partial charge >= 0.3 is 0 Å². The van der Waals surface area contributed by atoms with E-state index in [1.807, 2.05) is 42.5 Å². The van der Waals surface area contributed by atoms with E-state index in [0.717, 1.165) is 49.1 Å². The normalized spacial score (nSPS) is 14.1. The number of halogens is 1. The van der Waals surface area contributed by atoms with Gasteiger partial charge in [-0.3, -0.25) is 0 Å². The zero-order valence-electron chi connectivity index (χ0n) is 15.7. The monoisotopic (exact) mass is 379 g/mol. The van der Waals surface area contributed by atoms with Crippen molar-refractivity contribution in [3.63, 3.8) is 0 Å². The number of methoxy groups -OCH3 is 1. The Morgan fingerprint density at radius 1 is 0.893 bits per heavy atom. The second kappa shape index (κ2) is 8.12. The summed E-state index contributed by atoms with van der Waals surface area (Å²) < 4.78 is 18.3. The quantitative estimate of drug-likeness (QED) is 0.730. The molecule has 0 amide bonds. The first-order chi connectivity index (χ1) is 13.7. The molecule has 1 saturated heterocycles. The third-order valence-electron chi connectivity index (χ3n) is 4.76. The molecule has 1 fully saturated rings. The van der Waals surface area contributed by atoms with Crippen LogP contribution in [0.4, 0.5) is 27.5 Å². The zero-order chi connectivity index (χ0) is 19.3. The highest BCUT2D eigenvalue weighted by Gasteiger charge is 2.19. The van der Waals surface area contributed by atoms with E-state index >= 15 is 0 Å². The predicted octanol–water partition coefficient (Wildman–Crippen LogP) is 3.69. The van der Waals surface area contributed by atoms with Crippen molar-refractivity contribution in [1.29, 1.82) is 0 Å². The van der Waals surface area contributed by atoms with Crippen molar-refractivity contribution in [2.24, 2.45) is 0 Å². The van der Waals surface area contributed by atoms with Crippen molar-refractivity contribution in [3.8, 4) is 5.75 Å². The number of piperazine rings is 1. The molecule has 2 heterocycles. The van der Waals surface area contributed by atoms with Gasteiger partial charge < -0.3 is 19.9 Å². The van der Waals surface area contributed by atoms with E-state index in [1.54, 1.807) is 13.3 Å². The molecule has 0 radical (unpaired) electrons. The van der Waals surface area contributed by atoms with Crippen LogP contribution >= 0.6 is 0 Å². The lowest BCUT2D eigenvalue weighted by Crippen LogP contribution is -2.47. The minimum absolute atomic E-state index is 0.211. The number of ether oxygens (including phenoxy) is 1. The van der Waals surface area contributed by atoms with Crippen LogP contribution in [0.3, 0.4) is 0 Å². The van der Waals surface area contributed by atoms with Crippen LogP contribution in [-0.4, -0.2) is 43.3 Å². The number of aromatic nitrogens is 2. The van der Waals surface area contributed by atoms with Crippen molar-refractivity contribution in [1.82, 2.24) is 9.97 Å². The lowest BCUT2D eigenvalue weighted by molar-refractivity contribution is 0.415. The highest BCUT2D eigenvalue weighted by atomic mass is 19.1. The van der Waals surface area contributed by atoms with Crippen LogP contribution in [0.1, 0.15) is 0 Å². The van der Waals surface area contributed by atoms with E-state index in [0.29, 0.717) is 5.95 Å². The largest absolute Gasteiger partial charge is 0.497 e. The fourth-order valence-corrected chi connectivity index (χ4v) is 3.21. The van der Waals surface area contributed by atoms with Gasteiger partial charge in [0.05, 0.1) is 7.11 Å².